The van der Waals surface area contributed by atoms with Crippen LogP contribution in [0.15, 0.2) is 17.8 Å². The van der Waals surface area contributed by atoms with Gasteiger partial charge in [-0.1, -0.05) is 0 Å². The van der Waals surface area contributed by atoms with Crippen molar-refractivity contribution in [1.29, 1.82) is 0 Å². The lowest BCUT2D eigenvalue weighted by molar-refractivity contribution is 0.101. The van der Waals surface area contributed by atoms with Gasteiger partial charge in [0.25, 0.3) is 0 Å². The molecule has 0 saturated heterocycles. The smallest absolute Gasteiger partial charge is 0.164 e. The fourth-order valence-electron chi connectivity index (χ4n) is 1.09. The second-order valence-corrected chi connectivity index (χ2v) is 4.02. The van der Waals surface area contributed by atoms with Crippen molar-refractivity contribution in [2.24, 2.45) is 0 Å². The Morgan fingerprint density at radius 2 is 2.36 bits per heavy atom. The number of hydrogen-bond acceptors (Lipinski definition) is 4. The van der Waals surface area contributed by atoms with Gasteiger partial charge in [-0.3, -0.25) is 4.79 Å². The third-order valence-electron chi connectivity index (χ3n) is 1.83. The van der Waals surface area contributed by atoms with Gasteiger partial charge in [0.1, 0.15) is 0 Å². The Kier molecular flexibility index (Phi) is 2.17. The van der Waals surface area contributed by atoms with E-state index >= 15 is 0 Å². The molecule has 0 N–H and O–H groups in total. The number of nitrogens with zero attached hydrogens (tertiary/aromatic N) is 3. The van der Waals surface area contributed by atoms with Gasteiger partial charge in [0, 0.05) is 11.6 Å². The third-order valence-corrected chi connectivity index (χ3v) is 2.59. The molecule has 0 amide bonds. The summed E-state index contributed by atoms with van der Waals surface area (Å²) < 4.78 is 1.61. The molecule has 2 heterocycles. The van der Waals surface area contributed by atoms with Crippen LogP contribution < -0.4 is 0 Å². The maximum Gasteiger partial charge on any atom is 0.164 e. The lowest BCUT2D eigenvalue weighted by Gasteiger charge is -1.92. The van der Waals surface area contributed by atoms with Gasteiger partial charge in [0.2, 0.25) is 0 Å². The van der Waals surface area contributed by atoms with Crippen molar-refractivity contribution in [3.05, 3.63) is 28.3 Å². The Labute approximate surface area is 85.2 Å². The monoisotopic (exact) mass is 207 g/mol. The molecular weight excluding hydrogens is 198 g/mol. The average molecular weight is 207 g/mol. The summed E-state index contributed by atoms with van der Waals surface area (Å²) in [5, 5.41) is 6.96. The Balaban J connectivity index is 2.38. The quantitative estimate of drug-likeness (QED) is 0.706. The van der Waals surface area contributed by atoms with Crippen LogP contribution in [0.2, 0.25) is 0 Å². The summed E-state index contributed by atoms with van der Waals surface area (Å²) in [6.07, 6.45) is 3.24. The normalized spacial score (nSPS) is 10.4. The molecule has 0 bridgehead atoms. The van der Waals surface area contributed by atoms with Crippen molar-refractivity contribution in [3.63, 3.8) is 0 Å². The summed E-state index contributed by atoms with van der Waals surface area (Å²) in [6, 6.07) is 0. The van der Waals surface area contributed by atoms with E-state index < -0.39 is 0 Å². The zero-order valence-corrected chi connectivity index (χ0v) is 8.71. The predicted molar refractivity (Wildman–Crippen MR) is 54.0 cm³/mol. The topological polar surface area (TPSA) is 47.8 Å². The number of rotatable bonds is 2. The van der Waals surface area contributed by atoms with Gasteiger partial charge >= 0.3 is 0 Å². The molecule has 2 rings (SSSR count). The van der Waals surface area contributed by atoms with Crippen LogP contribution in [0, 0.1) is 6.92 Å². The van der Waals surface area contributed by atoms with Crippen LogP contribution in [-0.4, -0.2) is 20.5 Å². The summed E-state index contributed by atoms with van der Waals surface area (Å²) in [6.45, 7) is 3.46. The van der Waals surface area contributed by atoms with E-state index in [9.17, 15) is 4.79 Å². The first-order valence-corrected chi connectivity index (χ1v) is 5.03. The van der Waals surface area contributed by atoms with E-state index in [2.05, 4.69) is 10.1 Å². The van der Waals surface area contributed by atoms with Gasteiger partial charge in [-0.25, -0.2) is 9.67 Å². The maximum absolute atomic E-state index is 11.0. The highest BCUT2D eigenvalue weighted by molar-refractivity contribution is 7.09. The number of aromatic nitrogens is 3. The van der Waals surface area contributed by atoms with Crippen molar-refractivity contribution in [1.82, 2.24) is 14.8 Å². The van der Waals surface area contributed by atoms with Crippen molar-refractivity contribution in [3.8, 4) is 5.82 Å². The summed E-state index contributed by atoms with van der Waals surface area (Å²) in [7, 11) is 0. The van der Waals surface area contributed by atoms with Crippen LogP contribution in [0.3, 0.4) is 0 Å². The summed E-state index contributed by atoms with van der Waals surface area (Å²) >= 11 is 1.56. The van der Waals surface area contributed by atoms with E-state index in [1.54, 1.807) is 28.4 Å². The minimum Gasteiger partial charge on any atom is -0.294 e. The van der Waals surface area contributed by atoms with Crippen LogP contribution in [0.1, 0.15) is 22.3 Å². The molecule has 0 aliphatic rings. The van der Waals surface area contributed by atoms with E-state index in [1.807, 2.05) is 12.3 Å². The minimum absolute atomic E-state index is 0.0169. The van der Waals surface area contributed by atoms with Gasteiger partial charge in [0.15, 0.2) is 11.6 Å². The standard InChI is InChI=1S/C9H9N3OS/c1-6(13)8-3-10-12(4-8)9-5-14-7(2)11-9/h3-5H,1-2H3. The van der Waals surface area contributed by atoms with E-state index in [0.717, 1.165) is 10.8 Å². The van der Waals surface area contributed by atoms with Crippen LogP contribution in [-0.2, 0) is 0 Å². The van der Waals surface area contributed by atoms with Gasteiger partial charge in [0.05, 0.1) is 16.8 Å². The molecule has 0 aliphatic heterocycles. The fraction of sp³-hybridized carbons (Fsp3) is 0.222. The maximum atomic E-state index is 11.0. The molecule has 0 aromatic carbocycles. The molecular formula is C9H9N3OS. The lowest BCUT2D eigenvalue weighted by Crippen LogP contribution is -1.94. The largest absolute Gasteiger partial charge is 0.294 e. The van der Waals surface area contributed by atoms with Crippen molar-refractivity contribution in [2.75, 3.05) is 0 Å². The summed E-state index contributed by atoms with van der Waals surface area (Å²) in [5.41, 5.74) is 0.607. The zero-order valence-electron chi connectivity index (χ0n) is 7.89. The lowest BCUT2D eigenvalue weighted by atomic mass is 10.3. The minimum atomic E-state index is 0.0169. The van der Waals surface area contributed by atoms with E-state index in [-0.39, 0.29) is 5.78 Å². The van der Waals surface area contributed by atoms with Crippen molar-refractivity contribution in [2.45, 2.75) is 13.8 Å². The molecule has 0 saturated carbocycles. The molecule has 0 radical (unpaired) electrons. The van der Waals surface area contributed by atoms with Gasteiger partial charge in [-0.05, 0) is 13.8 Å². The molecule has 0 fully saturated rings. The average Bonchev–Trinajstić information content (AvgIpc) is 2.70. The Bertz CT molecular complexity index is 472. The molecule has 2 aromatic rings. The highest BCUT2D eigenvalue weighted by Crippen LogP contribution is 2.12. The van der Waals surface area contributed by atoms with Crippen LogP contribution in [0.25, 0.3) is 5.82 Å². The highest BCUT2D eigenvalue weighted by atomic mass is 32.1. The fourth-order valence-corrected chi connectivity index (χ4v) is 1.67. The van der Waals surface area contributed by atoms with Gasteiger partial charge < -0.3 is 0 Å². The second kappa shape index (κ2) is 3.34. The highest BCUT2D eigenvalue weighted by Gasteiger charge is 2.06. The van der Waals surface area contributed by atoms with E-state index in [1.165, 1.54) is 6.92 Å². The summed E-state index contributed by atoms with van der Waals surface area (Å²) in [4.78, 5) is 15.3. The molecule has 4 nitrogen and oxygen atoms in total. The Morgan fingerprint density at radius 1 is 1.57 bits per heavy atom. The number of carbonyl (C=O) groups excluding carboxylic acids is 1. The number of aryl methyl sites for hydroxylation is 1. The number of Topliss-reactive ketones (excluding diaryl/α,β-unsaturated/α-hetero) is 1. The molecule has 0 atom stereocenters. The van der Waals surface area contributed by atoms with Crippen LogP contribution >= 0.6 is 11.3 Å². The van der Waals surface area contributed by atoms with E-state index in [4.69, 9.17) is 0 Å². The molecule has 0 spiro atoms. The first-order chi connectivity index (χ1) is 6.66. The number of carbonyl (C=O) groups is 1. The third kappa shape index (κ3) is 1.58. The molecule has 0 aliphatic carbocycles. The van der Waals surface area contributed by atoms with Crippen molar-refractivity contribution >= 4 is 17.1 Å². The molecule has 72 valence electrons. The number of hydrogen-bond donors (Lipinski definition) is 0. The molecule has 5 heteroatoms. The van der Waals surface area contributed by atoms with Gasteiger partial charge in [-0.2, -0.15) is 5.10 Å². The Hall–Kier alpha value is -1.49. The number of ketones is 1. The predicted octanol–water partition coefficient (Wildman–Crippen LogP) is 1.84. The first kappa shape index (κ1) is 9.08. The SMILES string of the molecule is CC(=O)c1cnn(-c2csc(C)n2)c1. The first-order valence-electron chi connectivity index (χ1n) is 4.15. The molecule has 14 heavy (non-hydrogen) atoms. The second-order valence-electron chi connectivity index (χ2n) is 2.95. The Morgan fingerprint density at radius 3 is 2.86 bits per heavy atom. The van der Waals surface area contributed by atoms with E-state index in [0.29, 0.717) is 5.56 Å². The summed E-state index contributed by atoms with van der Waals surface area (Å²) in [5.74, 6) is 0.781. The van der Waals surface area contributed by atoms with Crippen LogP contribution in [0.5, 0.6) is 0 Å². The van der Waals surface area contributed by atoms with Crippen LogP contribution in [0.4, 0.5) is 0 Å². The van der Waals surface area contributed by atoms with Gasteiger partial charge in [-0.15, -0.1) is 11.3 Å². The van der Waals surface area contributed by atoms with Crippen molar-refractivity contribution < 1.29 is 4.79 Å². The zero-order chi connectivity index (χ0) is 10.1. The molecule has 0 unspecified atom stereocenters. The number of thiazole rings is 1. The molecule has 2 aromatic heterocycles.